The van der Waals surface area contributed by atoms with Crippen molar-refractivity contribution in [2.24, 2.45) is 23.7 Å². The van der Waals surface area contributed by atoms with Crippen LogP contribution in [0.3, 0.4) is 0 Å². The third kappa shape index (κ3) is 7.65. The molecule has 0 unspecified atom stereocenters. The number of aromatic hydroxyl groups is 2. The molecule has 2 aliphatic heterocycles. The second-order valence-electron chi connectivity index (χ2n) is 15.5. The molecule has 0 saturated carbocycles. The molecule has 15 heteroatoms. The van der Waals surface area contributed by atoms with Gasteiger partial charge in [-0.2, -0.15) is 0 Å². The number of ketones is 1. The van der Waals surface area contributed by atoms with Gasteiger partial charge in [-0.1, -0.05) is 45.9 Å². The van der Waals surface area contributed by atoms with Gasteiger partial charge in [-0.25, -0.2) is 4.79 Å². The van der Waals surface area contributed by atoms with E-state index in [1.54, 1.807) is 53.7 Å². The van der Waals surface area contributed by atoms with Crippen LogP contribution in [-0.2, 0) is 28.5 Å². The van der Waals surface area contributed by atoms with E-state index >= 15 is 0 Å². The zero-order valence-corrected chi connectivity index (χ0v) is 34.7. The third-order valence-corrected chi connectivity index (χ3v) is 11.4. The molecular weight excluding hydrogens is 752 g/mol. The number of aliphatic hydroxyl groups excluding tert-OH is 2. The van der Waals surface area contributed by atoms with Gasteiger partial charge in [0.05, 0.1) is 58.9 Å². The number of allylic oxidation sites excluding steroid dienone is 2. The number of anilines is 1. The van der Waals surface area contributed by atoms with Gasteiger partial charge in [0.15, 0.2) is 5.75 Å². The number of aromatic amines is 1. The first kappa shape index (κ1) is 43.7. The molecule has 0 radical (unpaired) electrons. The van der Waals surface area contributed by atoms with Crippen molar-refractivity contribution in [2.75, 3.05) is 19.0 Å². The lowest BCUT2D eigenvalue weighted by Crippen LogP contribution is -2.46. The summed E-state index contributed by atoms with van der Waals surface area (Å²) in [7, 11) is 1.44. The number of H-pyrrole nitrogens is 1. The molecule has 3 heterocycles. The molecule has 5 rings (SSSR count). The van der Waals surface area contributed by atoms with E-state index in [2.05, 4.69) is 10.3 Å². The van der Waals surface area contributed by atoms with E-state index in [9.17, 15) is 39.6 Å². The van der Waals surface area contributed by atoms with E-state index in [0.29, 0.717) is 5.69 Å². The summed E-state index contributed by atoms with van der Waals surface area (Å²) >= 11 is 0. The van der Waals surface area contributed by atoms with E-state index in [4.69, 9.17) is 23.7 Å². The monoisotopic (exact) mass is 806 g/mol. The molecule has 3 aromatic rings. The number of fused-ring (bicyclic) bond motifs is 1. The summed E-state index contributed by atoms with van der Waals surface area (Å²) in [5.74, 6) is -8.35. The Bertz CT molecular complexity index is 2240. The van der Waals surface area contributed by atoms with Crippen LogP contribution in [-0.4, -0.2) is 93.0 Å². The Hall–Kier alpha value is -5.38. The van der Waals surface area contributed by atoms with E-state index in [1.807, 2.05) is 0 Å². The molecule has 0 saturated heterocycles. The minimum Gasteiger partial charge on any atom is -0.507 e. The van der Waals surface area contributed by atoms with Crippen molar-refractivity contribution in [3.05, 3.63) is 58.5 Å². The largest absolute Gasteiger partial charge is 0.507 e. The summed E-state index contributed by atoms with van der Waals surface area (Å²) < 4.78 is 29.1. The van der Waals surface area contributed by atoms with Gasteiger partial charge in [0.2, 0.25) is 0 Å². The molecule has 4 bridgehead atoms. The van der Waals surface area contributed by atoms with Gasteiger partial charge in [-0.05, 0) is 33.8 Å². The summed E-state index contributed by atoms with van der Waals surface area (Å²) in [4.78, 5) is 57.3. The average Bonchev–Trinajstić information content (AvgIpc) is 3.66. The van der Waals surface area contributed by atoms with Crippen molar-refractivity contribution < 1.29 is 63.3 Å². The highest BCUT2D eigenvalue weighted by molar-refractivity contribution is 6.31. The van der Waals surface area contributed by atoms with Crippen molar-refractivity contribution in [1.82, 2.24) is 4.98 Å². The van der Waals surface area contributed by atoms with Crippen LogP contribution in [0.4, 0.5) is 5.69 Å². The number of rotatable bonds is 4. The van der Waals surface area contributed by atoms with Crippen molar-refractivity contribution in [3.8, 4) is 17.2 Å². The molecule has 2 aromatic carbocycles. The molecule has 0 fully saturated rings. The van der Waals surface area contributed by atoms with E-state index in [1.165, 1.54) is 53.2 Å². The fraction of sp³-hybridized carbons (Fsp3) is 0.488. The lowest BCUT2D eigenvalue weighted by molar-refractivity contribution is -0.160. The minimum atomic E-state index is -2.02. The smallest absolute Gasteiger partial charge is 0.340 e. The Labute approximate surface area is 336 Å². The van der Waals surface area contributed by atoms with Crippen molar-refractivity contribution in [2.45, 2.75) is 99.4 Å². The number of aromatic nitrogens is 1. The Morgan fingerprint density at radius 3 is 2.22 bits per heavy atom. The second kappa shape index (κ2) is 16.8. The van der Waals surface area contributed by atoms with Gasteiger partial charge < -0.3 is 54.4 Å². The molecule has 6 N–H and O–H groups in total. The lowest BCUT2D eigenvalue weighted by Gasteiger charge is -2.38. The number of phenolic OH excluding ortho intramolecular Hbond substituents is 2. The van der Waals surface area contributed by atoms with Crippen LogP contribution in [0.2, 0.25) is 0 Å². The van der Waals surface area contributed by atoms with Crippen LogP contribution >= 0.6 is 0 Å². The number of hydrogen-bond acceptors (Lipinski definition) is 13. The highest BCUT2D eigenvalue weighted by Crippen LogP contribution is 2.54. The molecule has 314 valence electrons. The molecule has 2 aliphatic rings. The topological polar surface area (TPSA) is 223 Å². The number of esters is 2. The highest BCUT2D eigenvalue weighted by atomic mass is 16.7. The van der Waals surface area contributed by atoms with E-state index in [-0.39, 0.29) is 62.0 Å². The number of phenols is 2. The van der Waals surface area contributed by atoms with Crippen LogP contribution in [0.5, 0.6) is 17.2 Å². The summed E-state index contributed by atoms with van der Waals surface area (Å²) in [6.45, 7) is 15.8. The van der Waals surface area contributed by atoms with Crippen LogP contribution in [0, 0.1) is 37.5 Å². The first-order valence-corrected chi connectivity index (χ1v) is 19.3. The Balaban J connectivity index is 1.78. The van der Waals surface area contributed by atoms with Crippen LogP contribution in [0.25, 0.3) is 21.7 Å². The predicted octanol–water partition coefficient (Wildman–Crippen LogP) is 6.01. The zero-order chi connectivity index (χ0) is 43.1. The minimum absolute atomic E-state index is 0.00939. The van der Waals surface area contributed by atoms with Crippen LogP contribution in [0.15, 0.2) is 36.1 Å². The van der Waals surface area contributed by atoms with Gasteiger partial charge in [0.25, 0.3) is 11.7 Å². The maximum absolute atomic E-state index is 14.6. The van der Waals surface area contributed by atoms with Gasteiger partial charge in [0, 0.05) is 72.2 Å². The van der Waals surface area contributed by atoms with Gasteiger partial charge in [-0.3, -0.25) is 14.4 Å². The molecule has 15 nitrogen and oxygen atoms in total. The molecule has 1 aromatic heterocycles. The standard InChI is InChI=1S/C43H54N2O13/c1-12-55-42(53)27-24(8)44-32-28-30-36(49)23(7)39-31(28)40(51)43(10,58-39)56-17-16-26(54-11)20(4)38(57-25(9)46)22(6)35(48)21(5)34(47)18(2)14-13-15-19(3)41(52)45-33(29(27)32)37(30)50/h13-18,20-22,26,34-35,38,44,47-50H,12H2,1-11H3,(H,45,52)/b14-13+,17-16-,19-15+/t18-,20+,21-,22-,26+,34+,35-,38+,43+/m1/s1. The number of ether oxygens (including phenoxy) is 5. The SMILES string of the molecule is CCOC(=O)c1c(C)[nH]c2c1c1c(O)c3c(O)c(C)c4c(c32)C(=O)[C@@](C)(O/C=C\[C@H](OC)[C@H](C)[C@H](OC(C)=O)[C@H](C)[C@H](O)[C@H](C)[C@@H](O)[C@H](C)/C=C/C=C(\C)C(=O)N1)O4. The fourth-order valence-electron chi connectivity index (χ4n) is 8.01. The Morgan fingerprint density at radius 2 is 1.60 bits per heavy atom. The number of Topliss-reactive ketones (excluding diaryl/α,β-unsaturated/α-hetero) is 1. The number of methoxy groups -OCH3 is 1. The van der Waals surface area contributed by atoms with Crippen molar-refractivity contribution >= 4 is 51.0 Å². The zero-order valence-electron chi connectivity index (χ0n) is 34.7. The van der Waals surface area contributed by atoms with Crippen molar-refractivity contribution in [3.63, 3.8) is 0 Å². The number of aliphatic hydroxyl groups is 2. The third-order valence-electron chi connectivity index (χ3n) is 11.4. The molecule has 58 heavy (non-hydrogen) atoms. The molecule has 0 spiro atoms. The molecule has 9 atom stereocenters. The van der Waals surface area contributed by atoms with Crippen LogP contribution in [0.1, 0.15) is 87.4 Å². The first-order valence-electron chi connectivity index (χ1n) is 19.3. The van der Waals surface area contributed by atoms with Gasteiger partial charge in [-0.15, -0.1) is 0 Å². The Kier molecular flexibility index (Phi) is 12.7. The maximum Gasteiger partial charge on any atom is 0.340 e. The number of benzene rings is 2. The van der Waals surface area contributed by atoms with E-state index < -0.39 is 89.0 Å². The fourth-order valence-corrected chi connectivity index (χ4v) is 8.01. The second-order valence-corrected chi connectivity index (χ2v) is 15.5. The first-order chi connectivity index (χ1) is 27.2. The molecule has 0 aliphatic carbocycles. The number of carbonyl (C=O) groups excluding carboxylic acids is 4. The average molecular weight is 807 g/mol. The summed E-state index contributed by atoms with van der Waals surface area (Å²) in [6.07, 6.45) is 3.56. The van der Waals surface area contributed by atoms with Crippen molar-refractivity contribution in [1.29, 1.82) is 0 Å². The summed E-state index contributed by atoms with van der Waals surface area (Å²) in [5, 5.41) is 49.1. The maximum atomic E-state index is 14.6. The van der Waals surface area contributed by atoms with Gasteiger partial charge >= 0.3 is 17.7 Å². The number of hydrogen-bond donors (Lipinski definition) is 6. The predicted molar refractivity (Wildman–Crippen MR) is 215 cm³/mol. The lowest BCUT2D eigenvalue weighted by atomic mass is 9.78. The quantitative estimate of drug-likeness (QED) is 0.131. The number of nitrogens with one attached hydrogen (secondary N) is 2. The molecule has 1 amide bonds. The van der Waals surface area contributed by atoms with E-state index in [0.717, 1.165) is 0 Å². The summed E-state index contributed by atoms with van der Waals surface area (Å²) in [6, 6.07) is 0. The number of aryl methyl sites for hydroxylation is 1. The van der Waals surface area contributed by atoms with Crippen LogP contribution < -0.4 is 10.1 Å². The Morgan fingerprint density at radius 1 is 0.931 bits per heavy atom. The normalized spacial score (nSPS) is 30.3. The number of amides is 1. The summed E-state index contributed by atoms with van der Waals surface area (Å²) in [5.41, 5.74) is 0.365. The van der Waals surface area contributed by atoms with Gasteiger partial charge in [0.1, 0.15) is 17.6 Å². The molecular formula is C43H54N2O13. The number of carbonyl (C=O) groups is 4. The highest BCUT2D eigenvalue weighted by Gasteiger charge is 2.50.